The first kappa shape index (κ1) is 14.4. The number of nitrogens with zero attached hydrogens (tertiary/aromatic N) is 1. The third-order valence-electron chi connectivity index (χ3n) is 3.34. The van der Waals surface area contributed by atoms with Crippen LogP contribution in [0, 0.1) is 0 Å². The highest BCUT2D eigenvalue weighted by molar-refractivity contribution is 6.18. The summed E-state index contributed by atoms with van der Waals surface area (Å²) >= 11 is 5.81. The second-order valence-corrected chi connectivity index (χ2v) is 5.17. The van der Waals surface area contributed by atoms with Crippen LogP contribution >= 0.6 is 11.6 Å². The molecule has 1 aromatic rings. The minimum atomic E-state index is -0.277. The van der Waals surface area contributed by atoms with Crippen molar-refractivity contribution in [3.8, 4) is 0 Å². The number of carbonyl (C=O) groups excluding carboxylic acids is 1. The summed E-state index contributed by atoms with van der Waals surface area (Å²) in [5, 5.41) is 0. The first-order valence-corrected chi connectivity index (χ1v) is 7.35. The molecule has 3 nitrogen and oxygen atoms in total. The molecule has 1 aliphatic rings. The molecule has 4 heteroatoms. The van der Waals surface area contributed by atoms with Crippen molar-refractivity contribution >= 4 is 17.5 Å². The number of alkyl halides is 1. The smallest absolute Gasteiger partial charge is 0.252 e. The van der Waals surface area contributed by atoms with Gasteiger partial charge >= 0.3 is 0 Å². The molecule has 1 atom stereocenters. The molecule has 104 valence electrons. The Hall–Kier alpha value is -1.06. The third kappa shape index (κ3) is 4.22. The zero-order valence-corrected chi connectivity index (χ0v) is 11.8. The van der Waals surface area contributed by atoms with Crippen molar-refractivity contribution in [1.82, 2.24) is 4.90 Å². The van der Waals surface area contributed by atoms with Crippen LogP contribution in [-0.4, -0.2) is 35.9 Å². The second kappa shape index (κ2) is 7.51. The minimum absolute atomic E-state index is 0.0733. The molecule has 0 aromatic heterocycles. The van der Waals surface area contributed by atoms with Crippen LogP contribution in [0.5, 0.6) is 0 Å². The van der Waals surface area contributed by atoms with Crippen molar-refractivity contribution in [3.63, 3.8) is 0 Å². The highest BCUT2D eigenvalue weighted by Gasteiger charge is 2.26. The Labute approximate surface area is 119 Å². The van der Waals surface area contributed by atoms with Crippen molar-refractivity contribution in [3.05, 3.63) is 35.9 Å². The Morgan fingerprint density at radius 3 is 2.74 bits per heavy atom. The molecule has 0 N–H and O–H groups in total. The largest absolute Gasteiger partial charge is 0.368 e. The van der Waals surface area contributed by atoms with Gasteiger partial charge in [-0.25, -0.2) is 0 Å². The number of hydrogen-bond acceptors (Lipinski definition) is 2. The van der Waals surface area contributed by atoms with Gasteiger partial charge in [0.05, 0.1) is 0 Å². The van der Waals surface area contributed by atoms with Crippen LogP contribution < -0.4 is 0 Å². The Morgan fingerprint density at radius 2 is 2.11 bits per heavy atom. The van der Waals surface area contributed by atoms with Crippen molar-refractivity contribution in [2.75, 3.05) is 19.0 Å². The SMILES string of the molecule is O=C(C1CCCCO1)N(CCCl)Cc1ccccc1. The van der Waals surface area contributed by atoms with E-state index in [0.717, 1.165) is 24.8 Å². The number of carbonyl (C=O) groups is 1. The average molecular weight is 282 g/mol. The summed E-state index contributed by atoms with van der Waals surface area (Å²) in [5.74, 6) is 0.523. The summed E-state index contributed by atoms with van der Waals surface area (Å²) in [4.78, 5) is 14.2. The van der Waals surface area contributed by atoms with Crippen LogP contribution in [-0.2, 0) is 16.1 Å². The molecule has 0 bridgehead atoms. The van der Waals surface area contributed by atoms with E-state index in [1.807, 2.05) is 30.3 Å². The zero-order chi connectivity index (χ0) is 13.5. The van der Waals surface area contributed by atoms with Gasteiger partial charge < -0.3 is 9.64 Å². The molecule has 0 aliphatic carbocycles. The first-order valence-electron chi connectivity index (χ1n) is 6.81. The van der Waals surface area contributed by atoms with Crippen LogP contribution in [0.1, 0.15) is 24.8 Å². The number of hydrogen-bond donors (Lipinski definition) is 0. The molecule has 0 spiro atoms. The van der Waals surface area contributed by atoms with Gasteiger partial charge in [0.15, 0.2) is 0 Å². The van der Waals surface area contributed by atoms with Gasteiger partial charge in [0.25, 0.3) is 5.91 Å². The standard InChI is InChI=1S/C15H20ClNO2/c16-9-10-17(12-13-6-2-1-3-7-13)15(18)14-8-4-5-11-19-14/h1-3,6-7,14H,4-5,8-12H2. The predicted octanol–water partition coefficient (Wildman–Crippen LogP) is 2.82. The summed E-state index contributed by atoms with van der Waals surface area (Å²) in [7, 11) is 0. The van der Waals surface area contributed by atoms with E-state index in [9.17, 15) is 4.79 Å². The first-order chi connectivity index (χ1) is 9.31. The predicted molar refractivity (Wildman–Crippen MR) is 76.2 cm³/mol. The lowest BCUT2D eigenvalue weighted by Gasteiger charge is -2.29. The maximum absolute atomic E-state index is 12.4. The van der Waals surface area contributed by atoms with Crippen LogP contribution in [0.3, 0.4) is 0 Å². The van der Waals surface area contributed by atoms with Gasteiger partial charge in [0.1, 0.15) is 6.10 Å². The monoisotopic (exact) mass is 281 g/mol. The molecular formula is C15H20ClNO2. The maximum atomic E-state index is 12.4. The summed E-state index contributed by atoms with van der Waals surface area (Å²) in [6, 6.07) is 9.99. The lowest BCUT2D eigenvalue weighted by molar-refractivity contribution is -0.146. The van der Waals surface area contributed by atoms with Gasteiger partial charge in [-0.2, -0.15) is 0 Å². The summed E-state index contributed by atoms with van der Waals surface area (Å²) in [6.07, 6.45) is 2.67. The second-order valence-electron chi connectivity index (χ2n) is 4.79. The van der Waals surface area contributed by atoms with Gasteiger partial charge in [-0.05, 0) is 24.8 Å². The van der Waals surface area contributed by atoms with E-state index < -0.39 is 0 Å². The van der Waals surface area contributed by atoms with Crippen LogP contribution in [0.2, 0.25) is 0 Å². The van der Waals surface area contributed by atoms with Gasteiger partial charge in [0, 0.05) is 25.6 Å². The Bertz CT molecular complexity index is 390. The fourth-order valence-corrected chi connectivity index (χ4v) is 2.52. The number of ether oxygens (including phenoxy) is 1. The van der Waals surface area contributed by atoms with Crippen molar-refractivity contribution in [2.24, 2.45) is 0 Å². The molecule has 1 fully saturated rings. The molecule has 1 heterocycles. The Kier molecular flexibility index (Phi) is 5.67. The normalized spacial score (nSPS) is 19.1. The number of rotatable bonds is 5. The molecule has 1 aromatic carbocycles. The van der Waals surface area contributed by atoms with E-state index in [1.165, 1.54) is 0 Å². The molecule has 1 amide bonds. The van der Waals surface area contributed by atoms with E-state index in [-0.39, 0.29) is 12.0 Å². The number of benzene rings is 1. The fraction of sp³-hybridized carbons (Fsp3) is 0.533. The highest BCUT2D eigenvalue weighted by atomic mass is 35.5. The molecule has 2 rings (SSSR count). The fourth-order valence-electron chi connectivity index (χ4n) is 2.31. The van der Waals surface area contributed by atoms with Crippen LogP contribution in [0.15, 0.2) is 30.3 Å². The quantitative estimate of drug-likeness (QED) is 0.777. The van der Waals surface area contributed by atoms with E-state index in [4.69, 9.17) is 16.3 Å². The highest BCUT2D eigenvalue weighted by Crippen LogP contribution is 2.16. The van der Waals surface area contributed by atoms with E-state index in [0.29, 0.717) is 25.6 Å². The van der Waals surface area contributed by atoms with Gasteiger partial charge in [0.2, 0.25) is 0 Å². The Balaban J connectivity index is 2.00. The average Bonchev–Trinajstić information content (AvgIpc) is 2.48. The molecule has 19 heavy (non-hydrogen) atoms. The summed E-state index contributed by atoms with van der Waals surface area (Å²) < 4.78 is 5.57. The van der Waals surface area contributed by atoms with Crippen molar-refractivity contribution in [2.45, 2.75) is 31.9 Å². The summed E-state index contributed by atoms with van der Waals surface area (Å²) in [5.41, 5.74) is 1.12. The molecule has 1 aliphatic heterocycles. The molecular weight excluding hydrogens is 262 g/mol. The number of amides is 1. The van der Waals surface area contributed by atoms with Crippen LogP contribution in [0.25, 0.3) is 0 Å². The lowest BCUT2D eigenvalue weighted by Crippen LogP contribution is -2.42. The van der Waals surface area contributed by atoms with Crippen molar-refractivity contribution in [1.29, 1.82) is 0 Å². The molecule has 1 unspecified atom stereocenters. The zero-order valence-electron chi connectivity index (χ0n) is 11.1. The van der Waals surface area contributed by atoms with Crippen LogP contribution in [0.4, 0.5) is 0 Å². The van der Waals surface area contributed by atoms with Crippen molar-refractivity contribution < 1.29 is 9.53 Å². The molecule has 0 radical (unpaired) electrons. The van der Waals surface area contributed by atoms with E-state index in [2.05, 4.69) is 0 Å². The van der Waals surface area contributed by atoms with Gasteiger partial charge in [-0.15, -0.1) is 11.6 Å². The topological polar surface area (TPSA) is 29.5 Å². The lowest BCUT2D eigenvalue weighted by atomic mass is 10.1. The molecule has 1 saturated heterocycles. The van der Waals surface area contributed by atoms with E-state index >= 15 is 0 Å². The van der Waals surface area contributed by atoms with Gasteiger partial charge in [-0.1, -0.05) is 30.3 Å². The van der Waals surface area contributed by atoms with Gasteiger partial charge in [-0.3, -0.25) is 4.79 Å². The Morgan fingerprint density at radius 1 is 1.32 bits per heavy atom. The molecule has 0 saturated carbocycles. The maximum Gasteiger partial charge on any atom is 0.252 e. The van der Waals surface area contributed by atoms with E-state index in [1.54, 1.807) is 4.90 Å². The summed E-state index contributed by atoms with van der Waals surface area (Å²) in [6.45, 7) is 1.86. The third-order valence-corrected chi connectivity index (χ3v) is 3.51. The number of halogens is 1. The minimum Gasteiger partial charge on any atom is -0.368 e.